The molecular formula is C15H16FNO. The predicted molar refractivity (Wildman–Crippen MR) is 69.3 cm³/mol. The van der Waals surface area contributed by atoms with Gasteiger partial charge in [-0.1, -0.05) is 19.9 Å². The number of ether oxygens (including phenoxy) is 1. The van der Waals surface area contributed by atoms with E-state index in [1.54, 1.807) is 12.1 Å². The van der Waals surface area contributed by atoms with Crippen LogP contribution in [0.3, 0.4) is 0 Å². The van der Waals surface area contributed by atoms with Crippen molar-refractivity contribution in [2.75, 3.05) is 0 Å². The van der Waals surface area contributed by atoms with Crippen molar-refractivity contribution in [1.82, 2.24) is 4.98 Å². The maximum absolute atomic E-state index is 12.7. The number of rotatable bonds is 4. The molecule has 0 fully saturated rings. The van der Waals surface area contributed by atoms with Gasteiger partial charge < -0.3 is 4.74 Å². The third kappa shape index (κ3) is 3.55. The van der Waals surface area contributed by atoms with Crippen molar-refractivity contribution in [3.05, 3.63) is 54.0 Å². The van der Waals surface area contributed by atoms with Gasteiger partial charge in [0, 0.05) is 12.3 Å². The summed E-state index contributed by atoms with van der Waals surface area (Å²) in [6, 6.07) is 9.73. The van der Waals surface area contributed by atoms with Gasteiger partial charge in [0.2, 0.25) is 5.88 Å². The number of aromatic nitrogens is 1. The Morgan fingerprint density at radius 3 is 2.39 bits per heavy atom. The molecule has 2 nitrogen and oxygen atoms in total. The van der Waals surface area contributed by atoms with Crippen molar-refractivity contribution in [3.8, 4) is 11.6 Å². The Balaban J connectivity index is 2.04. The molecule has 0 aliphatic rings. The van der Waals surface area contributed by atoms with Crippen molar-refractivity contribution in [2.45, 2.75) is 20.3 Å². The minimum absolute atomic E-state index is 0.275. The zero-order valence-electron chi connectivity index (χ0n) is 10.6. The Hall–Kier alpha value is -1.90. The normalized spacial score (nSPS) is 10.7. The van der Waals surface area contributed by atoms with E-state index in [9.17, 15) is 4.39 Å². The summed E-state index contributed by atoms with van der Waals surface area (Å²) >= 11 is 0. The molecule has 0 spiro atoms. The zero-order chi connectivity index (χ0) is 13.0. The Morgan fingerprint density at radius 2 is 1.83 bits per heavy atom. The number of nitrogens with zero attached hydrogens (tertiary/aromatic N) is 1. The topological polar surface area (TPSA) is 22.1 Å². The van der Waals surface area contributed by atoms with Crippen LogP contribution < -0.4 is 4.74 Å². The molecule has 18 heavy (non-hydrogen) atoms. The molecule has 0 amide bonds. The van der Waals surface area contributed by atoms with Crippen LogP contribution in [-0.2, 0) is 6.42 Å². The summed E-state index contributed by atoms with van der Waals surface area (Å²) in [6.45, 7) is 4.34. The van der Waals surface area contributed by atoms with Crippen molar-refractivity contribution in [3.63, 3.8) is 0 Å². The van der Waals surface area contributed by atoms with Crippen LogP contribution in [0.1, 0.15) is 19.4 Å². The minimum Gasteiger partial charge on any atom is -0.439 e. The molecule has 0 N–H and O–H groups in total. The Morgan fingerprint density at radius 1 is 1.11 bits per heavy atom. The zero-order valence-corrected chi connectivity index (χ0v) is 10.6. The molecule has 0 radical (unpaired) electrons. The standard InChI is InChI=1S/C15H16FNO/c1-11(2)9-12-3-8-15(17-10-12)18-14-6-4-13(16)5-7-14/h3-8,10-11H,9H2,1-2H3. The van der Waals surface area contributed by atoms with Gasteiger partial charge >= 0.3 is 0 Å². The molecule has 0 bridgehead atoms. The highest BCUT2D eigenvalue weighted by Crippen LogP contribution is 2.20. The number of benzene rings is 1. The third-order valence-electron chi connectivity index (χ3n) is 2.48. The van der Waals surface area contributed by atoms with Crippen LogP contribution in [0.25, 0.3) is 0 Å². The molecule has 2 rings (SSSR count). The second kappa shape index (κ2) is 5.63. The highest BCUT2D eigenvalue weighted by atomic mass is 19.1. The van der Waals surface area contributed by atoms with Gasteiger partial charge in [-0.25, -0.2) is 9.37 Å². The van der Waals surface area contributed by atoms with E-state index in [-0.39, 0.29) is 5.82 Å². The van der Waals surface area contributed by atoms with E-state index in [4.69, 9.17) is 4.74 Å². The molecule has 0 aliphatic heterocycles. The fourth-order valence-electron chi connectivity index (χ4n) is 1.69. The second-order valence-corrected chi connectivity index (χ2v) is 4.66. The average Bonchev–Trinajstić information content (AvgIpc) is 2.34. The Bertz CT molecular complexity index is 491. The summed E-state index contributed by atoms with van der Waals surface area (Å²) in [7, 11) is 0. The van der Waals surface area contributed by atoms with Gasteiger partial charge in [0.1, 0.15) is 11.6 Å². The van der Waals surface area contributed by atoms with Gasteiger partial charge in [-0.15, -0.1) is 0 Å². The summed E-state index contributed by atoms with van der Waals surface area (Å²) in [5, 5.41) is 0. The summed E-state index contributed by atoms with van der Waals surface area (Å²) in [5.74, 6) is 1.44. The maximum atomic E-state index is 12.7. The molecule has 1 aromatic heterocycles. The molecule has 0 unspecified atom stereocenters. The first-order valence-corrected chi connectivity index (χ1v) is 6.02. The van der Waals surface area contributed by atoms with Crippen LogP contribution in [0, 0.1) is 11.7 Å². The number of hydrogen-bond acceptors (Lipinski definition) is 2. The van der Waals surface area contributed by atoms with Crippen LogP contribution in [0.4, 0.5) is 4.39 Å². The van der Waals surface area contributed by atoms with Gasteiger partial charge in [-0.2, -0.15) is 0 Å². The maximum Gasteiger partial charge on any atom is 0.219 e. The van der Waals surface area contributed by atoms with Crippen molar-refractivity contribution in [1.29, 1.82) is 0 Å². The molecule has 0 saturated carbocycles. The molecule has 0 aliphatic carbocycles. The van der Waals surface area contributed by atoms with Crippen LogP contribution in [0.2, 0.25) is 0 Å². The molecule has 1 aromatic carbocycles. The highest BCUT2D eigenvalue weighted by Gasteiger charge is 2.01. The molecule has 0 atom stereocenters. The lowest BCUT2D eigenvalue weighted by Gasteiger charge is -2.07. The first kappa shape index (κ1) is 12.6. The van der Waals surface area contributed by atoms with Gasteiger partial charge in [-0.3, -0.25) is 0 Å². The summed E-state index contributed by atoms with van der Waals surface area (Å²) in [4.78, 5) is 4.23. The van der Waals surface area contributed by atoms with Crippen LogP contribution in [0.15, 0.2) is 42.6 Å². The quantitative estimate of drug-likeness (QED) is 0.805. The highest BCUT2D eigenvalue weighted by molar-refractivity contribution is 5.28. The van der Waals surface area contributed by atoms with E-state index in [0.29, 0.717) is 17.5 Å². The fraction of sp³-hybridized carbons (Fsp3) is 0.267. The van der Waals surface area contributed by atoms with Crippen molar-refractivity contribution >= 4 is 0 Å². The van der Waals surface area contributed by atoms with Crippen molar-refractivity contribution in [2.24, 2.45) is 5.92 Å². The van der Waals surface area contributed by atoms with Crippen LogP contribution in [0.5, 0.6) is 11.6 Å². The summed E-state index contributed by atoms with van der Waals surface area (Å²) in [6.07, 6.45) is 2.82. The summed E-state index contributed by atoms with van der Waals surface area (Å²) < 4.78 is 18.2. The summed E-state index contributed by atoms with van der Waals surface area (Å²) in [5.41, 5.74) is 1.19. The predicted octanol–water partition coefficient (Wildman–Crippen LogP) is 4.21. The molecule has 2 aromatic rings. The monoisotopic (exact) mass is 245 g/mol. The first-order chi connectivity index (χ1) is 8.63. The molecule has 1 heterocycles. The second-order valence-electron chi connectivity index (χ2n) is 4.66. The molecule has 0 saturated heterocycles. The lowest BCUT2D eigenvalue weighted by atomic mass is 10.1. The van der Waals surface area contributed by atoms with Gasteiger partial charge in [0.15, 0.2) is 0 Å². The molecule has 94 valence electrons. The van der Waals surface area contributed by atoms with Gasteiger partial charge in [-0.05, 0) is 42.2 Å². The van der Waals surface area contributed by atoms with Gasteiger partial charge in [0.05, 0.1) is 0 Å². The van der Waals surface area contributed by atoms with Crippen LogP contribution >= 0.6 is 0 Å². The lowest BCUT2D eigenvalue weighted by molar-refractivity contribution is 0.460. The lowest BCUT2D eigenvalue weighted by Crippen LogP contribution is -1.95. The van der Waals surface area contributed by atoms with E-state index in [1.165, 1.54) is 17.7 Å². The van der Waals surface area contributed by atoms with Gasteiger partial charge in [0.25, 0.3) is 0 Å². The largest absolute Gasteiger partial charge is 0.439 e. The number of pyridine rings is 1. The van der Waals surface area contributed by atoms with E-state index in [1.807, 2.05) is 18.3 Å². The first-order valence-electron chi connectivity index (χ1n) is 6.02. The third-order valence-corrected chi connectivity index (χ3v) is 2.48. The minimum atomic E-state index is -0.275. The fourth-order valence-corrected chi connectivity index (χ4v) is 1.69. The van der Waals surface area contributed by atoms with E-state index in [2.05, 4.69) is 18.8 Å². The molecule has 3 heteroatoms. The molecular weight excluding hydrogens is 229 g/mol. The van der Waals surface area contributed by atoms with E-state index in [0.717, 1.165) is 6.42 Å². The Kier molecular flexibility index (Phi) is 3.92. The van der Waals surface area contributed by atoms with Crippen molar-refractivity contribution < 1.29 is 9.13 Å². The van der Waals surface area contributed by atoms with Crippen LogP contribution in [-0.4, -0.2) is 4.98 Å². The smallest absolute Gasteiger partial charge is 0.219 e. The van der Waals surface area contributed by atoms with E-state index >= 15 is 0 Å². The number of halogens is 1. The van der Waals surface area contributed by atoms with E-state index < -0.39 is 0 Å². The Labute approximate surface area is 106 Å². The SMILES string of the molecule is CC(C)Cc1ccc(Oc2ccc(F)cc2)nc1. The number of hydrogen-bond donors (Lipinski definition) is 0. The average molecular weight is 245 g/mol.